The molecule has 13 heavy (non-hydrogen) atoms. The van der Waals surface area contributed by atoms with Crippen molar-refractivity contribution in [2.24, 2.45) is 5.92 Å². The van der Waals surface area contributed by atoms with Gasteiger partial charge in [-0.1, -0.05) is 6.92 Å². The summed E-state index contributed by atoms with van der Waals surface area (Å²) in [5, 5.41) is 8.90. The van der Waals surface area contributed by atoms with Crippen molar-refractivity contribution < 1.29 is 4.79 Å². The lowest BCUT2D eigenvalue weighted by Gasteiger charge is -2.26. The summed E-state index contributed by atoms with van der Waals surface area (Å²) in [6, 6.07) is 2.46. The Morgan fingerprint density at radius 2 is 2.46 bits per heavy atom. The van der Waals surface area contributed by atoms with Crippen LogP contribution in [0.25, 0.3) is 0 Å². The molecule has 0 aromatic heterocycles. The Hall–Kier alpha value is -1.04. The smallest absolute Gasteiger partial charge is 0.219 e. The van der Waals surface area contributed by atoms with Crippen LogP contribution in [0.15, 0.2) is 0 Å². The third-order valence-electron chi connectivity index (χ3n) is 2.77. The quantitative estimate of drug-likeness (QED) is 0.647. The molecule has 1 aliphatic heterocycles. The number of nitriles is 1. The molecule has 0 bridgehead atoms. The summed E-state index contributed by atoms with van der Waals surface area (Å²) in [4.78, 5) is 13.1. The Morgan fingerprint density at radius 1 is 1.77 bits per heavy atom. The molecule has 3 heteroatoms. The first-order valence-corrected chi connectivity index (χ1v) is 4.87. The normalized spacial score (nSPS) is 24.1. The van der Waals surface area contributed by atoms with Crippen molar-refractivity contribution in [3.05, 3.63) is 0 Å². The molecule has 0 aromatic carbocycles. The minimum atomic E-state index is 0.0198. The van der Waals surface area contributed by atoms with Crippen molar-refractivity contribution in [1.82, 2.24) is 4.90 Å². The number of hydrogen-bond donors (Lipinski definition) is 0. The van der Waals surface area contributed by atoms with E-state index in [0.29, 0.717) is 0 Å². The summed E-state index contributed by atoms with van der Waals surface area (Å²) in [6.45, 7) is 4.42. The second-order valence-electron chi connectivity index (χ2n) is 3.57. The predicted octanol–water partition coefficient (Wildman–Crippen LogP) is 1.55. The van der Waals surface area contributed by atoms with Gasteiger partial charge in [-0.25, -0.2) is 0 Å². The second-order valence-corrected chi connectivity index (χ2v) is 3.57. The molecule has 0 radical (unpaired) electrons. The summed E-state index contributed by atoms with van der Waals surface area (Å²) >= 11 is 0. The molecule has 1 fully saturated rings. The van der Waals surface area contributed by atoms with Crippen molar-refractivity contribution >= 4 is 5.91 Å². The van der Waals surface area contributed by atoms with Crippen molar-refractivity contribution in [2.75, 3.05) is 6.54 Å². The molecule has 1 saturated heterocycles. The highest BCUT2D eigenvalue weighted by molar-refractivity contribution is 5.74. The van der Waals surface area contributed by atoms with E-state index in [2.05, 4.69) is 6.07 Å². The van der Waals surface area contributed by atoms with Gasteiger partial charge in [0.1, 0.15) is 0 Å². The van der Waals surface area contributed by atoms with Crippen LogP contribution in [-0.4, -0.2) is 23.4 Å². The van der Waals surface area contributed by atoms with Gasteiger partial charge < -0.3 is 4.90 Å². The Kier molecular flexibility index (Phi) is 3.30. The predicted molar refractivity (Wildman–Crippen MR) is 49.8 cm³/mol. The number of amides is 1. The van der Waals surface area contributed by atoms with E-state index in [1.165, 1.54) is 0 Å². The van der Waals surface area contributed by atoms with Gasteiger partial charge in [-0.05, 0) is 19.3 Å². The van der Waals surface area contributed by atoms with E-state index in [-0.39, 0.29) is 17.9 Å². The monoisotopic (exact) mass is 180 g/mol. The number of carbonyl (C=O) groups is 1. The van der Waals surface area contributed by atoms with Crippen molar-refractivity contribution in [3.8, 4) is 6.07 Å². The average Bonchev–Trinajstić information content (AvgIpc) is 2.55. The zero-order valence-electron chi connectivity index (χ0n) is 8.29. The SMILES string of the molecule is CCC(C#N)C1CCCN1C(C)=O. The zero-order valence-corrected chi connectivity index (χ0v) is 8.29. The lowest BCUT2D eigenvalue weighted by atomic mass is 9.96. The third-order valence-corrected chi connectivity index (χ3v) is 2.77. The van der Waals surface area contributed by atoms with Gasteiger partial charge in [-0.3, -0.25) is 4.79 Å². The Bertz CT molecular complexity index is 232. The number of rotatable bonds is 2. The van der Waals surface area contributed by atoms with E-state index in [1.54, 1.807) is 6.92 Å². The van der Waals surface area contributed by atoms with Gasteiger partial charge in [-0.2, -0.15) is 5.26 Å². The Labute approximate surface area is 79.3 Å². The molecule has 2 unspecified atom stereocenters. The Morgan fingerprint density at radius 3 is 2.92 bits per heavy atom. The van der Waals surface area contributed by atoms with Gasteiger partial charge in [0, 0.05) is 19.5 Å². The van der Waals surface area contributed by atoms with Gasteiger partial charge in [0.25, 0.3) is 0 Å². The fourth-order valence-electron chi connectivity index (χ4n) is 2.05. The van der Waals surface area contributed by atoms with Gasteiger partial charge >= 0.3 is 0 Å². The molecule has 0 N–H and O–H groups in total. The fourth-order valence-corrected chi connectivity index (χ4v) is 2.05. The molecule has 0 saturated carbocycles. The zero-order chi connectivity index (χ0) is 9.84. The highest BCUT2D eigenvalue weighted by Gasteiger charge is 2.32. The number of hydrogen-bond acceptors (Lipinski definition) is 2. The van der Waals surface area contributed by atoms with Crippen LogP contribution < -0.4 is 0 Å². The molecule has 1 aliphatic rings. The molecule has 1 amide bonds. The maximum Gasteiger partial charge on any atom is 0.219 e. The minimum Gasteiger partial charge on any atom is -0.339 e. The van der Waals surface area contributed by atoms with E-state index in [1.807, 2.05) is 11.8 Å². The number of carbonyl (C=O) groups excluding carboxylic acids is 1. The summed E-state index contributed by atoms with van der Waals surface area (Å²) in [5.74, 6) is 0.127. The van der Waals surface area contributed by atoms with E-state index in [9.17, 15) is 4.79 Å². The number of likely N-dealkylation sites (tertiary alicyclic amines) is 1. The maximum atomic E-state index is 11.2. The summed E-state index contributed by atoms with van der Waals surface area (Å²) in [7, 11) is 0. The largest absolute Gasteiger partial charge is 0.339 e. The van der Waals surface area contributed by atoms with Gasteiger partial charge in [0.05, 0.1) is 12.0 Å². The molecule has 0 spiro atoms. The van der Waals surface area contributed by atoms with Crippen LogP contribution >= 0.6 is 0 Å². The van der Waals surface area contributed by atoms with Gasteiger partial charge in [-0.15, -0.1) is 0 Å². The van der Waals surface area contributed by atoms with Crippen LogP contribution in [0.4, 0.5) is 0 Å². The number of nitrogens with zero attached hydrogens (tertiary/aromatic N) is 2. The first-order valence-electron chi connectivity index (χ1n) is 4.87. The maximum absolute atomic E-state index is 11.2. The van der Waals surface area contributed by atoms with Crippen molar-refractivity contribution in [3.63, 3.8) is 0 Å². The second kappa shape index (κ2) is 4.27. The highest BCUT2D eigenvalue weighted by Crippen LogP contribution is 2.25. The highest BCUT2D eigenvalue weighted by atomic mass is 16.2. The van der Waals surface area contributed by atoms with E-state index >= 15 is 0 Å². The van der Waals surface area contributed by atoms with Crippen LogP contribution in [0.3, 0.4) is 0 Å². The molecular weight excluding hydrogens is 164 g/mol. The van der Waals surface area contributed by atoms with E-state index in [4.69, 9.17) is 5.26 Å². The van der Waals surface area contributed by atoms with Crippen molar-refractivity contribution in [2.45, 2.75) is 39.2 Å². The molecule has 1 rings (SSSR count). The van der Waals surface area contributed by atoms with Gasteiger partial charge in [0.2, 0.25) is 5.91 Å². The lowest BCUT2D eigenvalue weighted by Crippen LogP contribution is -2.38. The van der Waals surface area contributed by atoms with Gasteiger partial charge in [0.15, 0.2) is 0 Å². The fraction of sp³-hybridized carbons (Fsp3) is 0.800. The molecule has 0 aliphatic carbocycles. The average molecular weight is 180 g/mol. The lowest BCUT2D eigenvalue weighted by molar-refractivity contribution is -0.130. The summed E-state index contributed by atoms with van der Waals surface area (Å²) in [6.07, 6.45) is 2.87. The minimum absolute atomic E-state index is 0.0198. The van der Waals surface area contributed by atoms with Crippen LogP contribution in [0, 0.1) is 17.2 Å². The molecule has 3 nitrogen and oxygen atoms in total. The molecule has 1 heterocycles. The summed E-state index contributed by atoms with van der Waals surface area (Å²) < 4.78 is 0. The van der Waals surface area contributed by atoms with Crippen LogP contribution in [0.5, 0.6) is 0 Å². The van der Waals surface area contributed by atoms with Crippen LogP contribution in [-0.2, 0) is 4.79 Å². The topological polar surface area (TPSA) is 44.1 Å². The third kappa shape index (κ3) is 2.00. The van der Waals surface area contributed by atoms with Crippen LogP contribution in [0.1, 0.15) is 33.1 Å². The Balaban J connectivity index is 2.68. The molecular formula is C10H16N2O. The molecule has 72 valence electrons. The van der Waals surface area contributed by atoms with E-state index < -0.39 is 0 Å². The van der Waals surface area contributed by atoms with Crippen LogP contribution in [0.2, 0.25) is 0 Å². The molecule has 2 atom stereocenters. The standard InChI is InChI=1S/C10H16N2O/c1-3-9(7-11)10-5-4-6-12(10)8(2)13/h9-10H,3-6H2,1-2H3. The van der Waals surface area contributed by atoms with Crippen molar-refractivity contribution in [1.29, 1.82) is 5.26 Å². The first kappa shape index (κ1) is 10.0. The first-order chi connectivity index (χ1) is 6.20. The summed E-state index contributed by atoms with van der Waals surface area (Å²) in [5.41, 5.74) is 0. The molecule has 0 aromatic rings. The van der Waals surface area contributed by atoms with E-state index in [0.717, 1.165) is 25.8 Å².